The normalized spacial score (nSPS) is 23.5. The molecule has 2 unspecified atom stereocenters. The zero-order chi connectivity index (χ0) is 23.0. The Kier molecular flexibility index (Phi) is 9.29. The molecule has 5 nitrogen and oxygen atoms in total. The van der Waals surface area contributed by atoms with Gasteiger partial charge in [-0.2, -0.15) is 0 Å². The SMILES string of the molecule is CC.CCC(CCNC1=C(C(N)=O)C=C2C=C(C)C=CC2N1)NC1CCC(F)(F)CC1. The van der Waals surface area contributed by atoms with Gasteiger partial charge in [0, 0.05) is 31.5 Å². The molecule has 31 heavy (non-hydrogen) atoms. The van der Waals surface area contributed by atoms with E-state index in [4.69, 9.17) is 5.73 Å². The molecule has 2 aliphatic carbocycles. The lowest BCUT2D eigenvalue weighted by Gasteiger charge is -2.32. The lowest BCUT2D eigenvalue weighted by molar-refractivity contribution is -0.114. The van der Waals surface area contributed by atoms with Crippen LogP contribution in [0.3, 0.4) is 0 Å². The standard InChI is InChI=1S/C22H32F2N4O.C2H6/c1-3-16(27-17-6-9-22(23,24)10-7-17)8-11-26-21-18(20(25)29)13-15-12-14(2)4-5-19(15)28-21;1-2/h4-5,12-13,16-17,19,26-28H,3,6-11H2,1-2H3,(H2,25,29);1-2H3. The van der Waals surface area contributed by atoms with E-state index in [2.05, 4.69) is 29.0 Å². The number of halogens is 2. The number of alkyl halides is 2. The first-order valence-corrected chi connectivity index (χ1v) is 11.5. The number of carbonyl (C=O) groups is 1. The van der Waals surface area contributed by atoms with Gasteiger partial charge in [0.05, 0.1) is 11.6 Å². The second-order valence-electron chi connectivity index (χ2n) is 8.28. The highest BCUT2D eigenvalue weighted by Gasteiger charge is 2.35. The maximum Gasteiger partial charge on any atom is 0.252 e. The van der Waals surface area contributed by atoms with Gasteiger partial charge in [0.2, 0.25) is 5.92 Å². The van der Waals surface area contributed by atoms with Crippen LogP contribution in [0.15, 0.2) is 46.8 Å². The van der Waals surface area contributed by atoms with E-state index in [-0.39, 0.29) is 31.0 Å². The molecule has 1 aliphatic heterocycles. The van der Waals surface area contributed by atoms with E-state index in [0.717, 1.165) is 24.0 Å². The first kappa shape index (κ1) is 25.1. The number of hydrogen-bond donors (Lipinski definition) is 4. The quantitative estimate of drug-likeness (QED) is 0.463. The third-order valence-electron chi connectivity index (χ3n) is 5.93. The second kappa shape index (κ2) is 11.5. The fourth-order valence-corrected chi connectivity index (χ4v) is 4.15. The number of nitrogens with two attached hydrogens (primary N) is 1. The number of carbonyl (C=O) groups excluding carboxylic acids is 1. The summed E-state index contributed by atoms with van der Waals surface area (Å²) in [5, 5.41) is 10.2. The van der Waals surface area contributed by atoms with E-state index in [1.807, 2.05) is 39.0 Å². The van der Waals surface area contributed by atoms with Crippen LogP contribution in [0.4, 0.5) is 8.78 Å². The number of primary amides is 1. The Morgan fingerprint density at radius 1 is 1.29 bits per heavy atom. The van der Waals surface area contributed by atoms with Gasteiger partial charge < -0.3 is 21.7 Å². The van der Waals surface area contributed by atoms with Gasteiger partial charge in [0.1, 0.15) is 5.82 Å². The van der Waals surface area contributed by atoms with E-state index in [0.29, 0.717) is 30.8 Å². The molecular formula is C24H38F2N4O. The summed E-state index contributed by atoms with van der Waals surface area (Å²) in [6.07, 6.45) is 10.7. The molecule has 1 heterocycles. The van der Waals surface area contributed by atoms with Gasteiger partial charge in [-0.05, 0) is 44.3 Å². The molecule has 1 saturated carbocycles. The van der Waals surface area contributed by atoms with Crippen LogP contribution in [0.2, 0.25) is 0 Å². The van der Waals surface area contributed by atoms with Crippen molar-refractivity contribution in [2.75, 3.05) is 6.54 Å². The van der Waals surface area contributed by atoms with Crippen molar-refractivity contribution in [2.45, 2.75) is 90.3 Å². The van der Waals surface area contributed by atoms with Crippen molar-refractivity contribution in [3.8, 4) is 0 Å². The lowest BCUT2D eigenvalue weighted by atomic mass is 9.91. The largest absolute Gasteiger partial charge is 0.371 e. The third-order valence-corrected chi connectivity index (χ3v) is 5.93. The van der Waals surface area contributed by atoms with Crippen molar-refractivity contribution < 1.29 is 13.6 Å². The Bertz CT molecular complexity index is 745. The van der Waals surface area contributed by atoms with E-state index < -0.39 is 11.8 Å². The zero-order valence-electron chi connectivity index (χ0n) is 19.2. The highest BCUT2D eigenvalue weighted by Crippen LogP contribution is 2.33. The Balaban J connectivity index is 0.00000166. The van der Waals surface area contributed by atoms with Crippen molar-refractivity contribution in [1.82, 2.24) is 16.0 Å². The predicted molar refractivity (Wildman–Crippen MR) is 123 cm³/mol. The number of nitrogens with one attached hydrogen (secondary N) is 3. The molecule has 3 rings (SSSR count). The van der Waals surface area contributed by atoms with Crippen molar-refractivity contribution in [3.05, 3.63) is 46.8 Å². The van der Waals surface area contributed by atoms with Crippen LogP contribution in [-0.4, -0.2) is 36.5 Å². The van der Waals surface area contributed by atoms with Crippen LogP contribution in [-0.2, 0) is 4.79 Å². The molecule has 0 aromatic rings. The summed E-state index contributed by atoms with van der Waals surface area (Å²) >= 11 is 0. The van der Waals surface area contributed by atoms with Crippen LogP contribution in [0.5, 0.6) is 0 Å². The van der Waals surface area contributed by atoms with Gasteiger partial charge in [-0.1, -0.05) is 44.6 Å². The predicted octanol–water partition coefficient (Wildman–Crippen LogP) is 4.05. The molecular weight excluding hydrogens is 398 g/mol. The monoisotopic (exact) mass is 436 g/mol. The third kappa shape index (κ3) is 7.20. The smallest absolute Gasteiger partial charge is 0.252 e. The molecule has 7 heteroatoms. The van der Waals surface area contributed by atoms with Crippen molar-refractivity contribution in [1.29, 1.82) is 0 Å². The molecule has 174 valence electrons. The minimum Gasteiger partial charge on any atom is -0.371 e. The van der Waals surface area contributed by atoms with Gasteiger partial charge in [0.25, 0.3) is 5.91 Å². The molecule has 0 spiro atoms. The minimum atomic E-state index is -2.50. The van der Waals surface area contributed by atoms with Crippen LogP contribution in [0, 0.1) is 0 Å². The van der Waals surface area contributed by atoms with Gasteiger partial charge in [-0.25, -0.2) is 8.78 Å². The summed E-state index contributed by atoms with van der Waals surface area (Å²) < 4.78 is 26.7. The molecule has 1 amide bonds. The average molecular weight is 437 g/mol. The summed E-state index contributed by atoms with van der Waals surface area (Å²) in [5.41, 5.74) is 8.19. The summed E-state index contributed by atoms with van der Waals surface area (Å²) in [6.45, 7) is 8.76. The Morgan fingerprint density at radius 2 is 1.97 bits per heavy atom. The molecule has 1 fully saturated rings. The van der Waals surface area contributed by atoms with Crippen LogP contribution in [0.25, 0.3) is 0 Å². The molecule has 0 bridgehead atoms. The highest BCUT2D eigenvalue weighted by atomic mass is 19.3. The Hall–Kier alpha value is -2.15. The molecule has 0 radical (unpaired) electrons. The first-order valence-electron chi connectivity index (χ1n) is 11.5. The summed E-state index contributed by atoms with van der Waals surface area (Å²) in [4.78, 5) is 11.9. The fourth-order valence-electron chi connectivity index (χ4n) is 4.15. The zero-order valence-corrected chi connectivity index (χ0v) is 19.2. The molecule has 0 aromatic carbocycles. The Labute approximate surface area is 185 Å². The van der Waals surface area contributed by atoms with Gasteiger partial charge in [0.15, 0.2) is 0 Å². The van der Waals surface area contributed by atoms with Crippen molar-refractivity contribution in [3.63, 3.8) is 0 Å². The number of fused-ring (bicyclic) bond motifs is 1. The Morgan fingerprint density at radius 3 is 2.58 bits per heavy atom. The van der Waals surface area contributed by atoms with Crippen LogP contribution < -0.4 is 21.7 Å². The topological polar surface area (TPSA) is 79.2 Å². The second-order valence-corrected chi connectivity index (χ2v) is 8.28. The van der Waals surface area contributed by atoms with Gasteiger partial charge in [-0.15, -0.1) is 0 Å². The first-order chi connectivity index (χ1) is 14.8. The van der Waals surface area contributed by atoms with Gasteiger partial charge in [-0.3, -0.25) is 4.79 Å². The number of hydrogen-bond acceptors (Lipinski definition) is 4. The van der Waals surface area contributed by atoms with E-state index in [9.17, 15) is 13.6 Å². The fraction of sp³-hybridized carbons (Fsp3) is 0.625. The average Bonchev–Trinajstić information content (AvgIpc) is 2.75. The number of rotatable bonds is 8. The summed E-state index contributed by atoms with van der Waals surface area (Å²) in [5.74, 6) is -2.32. The maximum absolute atomic E-state index is 13.3. The molecule has 3 aliphatic rings. The summed E-state index contributed by atoms with van der Waals surface area (Å²) in [6, 6.07) is 0.417. The molecule has 0 saturated heterocycles. The van der Waals surface area contributed by atoms with Crippen molar-refractivity contribution >= 4 is 5.91 Å². The van der Waals surface area contributed by atoms with Crippen LogP contribution >= 0.6 is 0 Å². The van der Waals surface area contributed by atoms with E-state index in [1.54, 1.807) is 0 Å². The van der Waals surface area contributed by atoms with Gasteiger partial charge >= 0.3 is 0 Å². The van der Waals surface area contributed by atoms with Crippen molar-refractivity contribution in [2.24, 2.45) is 5.73 Å². The summed E-state index contributed by atoms with van der Waals surface area (Å²) in [7, 11) is 0. The van der Waals surface area contributed by atoms with Crippen LogP contribution in [0.1, 0.15) is 66.2 Å². The number of amides is 1. The van der Waals surface area contributed by atoms with E-state index in [1.165, 1.54) is 0 Å². The van der Waals surface area contributed by atoms with E-state index >= 15 is 0 Å². The molecule has 0 aromatic heterocycles. The molecule has 2 atom stereocenters. The minimum absolute atomic E-state index is 0.0216. The highest BCUT2D eigenvalue weighted by molar-refractivity contribution is 5.96. The maximum atomic E-state index is 13.3. The number of allylic oxidation sites excluding steroid dienone is 2. The number of dihydropyridines is 1. The molecule has 5 N–H and O–H groups in total. The lowest BCUT2D eigenvalue weighted by Crippen LogP contribution is -2.45.